The average molecular weight is 309 g/mol. The van der Waals surface area contributed by atoms with Gasteiger partial charge < -0.3 is 0 Å². The van der Waals surface area contributed by atoms with Crippen molar-refractivity contribution in [2.24, 2.45) is 0 Å². The number of Topliss-reactive ketones (excluding diaryl/α,β-unsaturated/α-hetero) is 1. The topological polar surface area (TPSA) is 17.1 Å². The van der Waals surface area contributed by atoms with Crippen molar-refractivity contribution in [2.75, 3.05) is 0 Å². The van der Waals surface area contributed by atoms with Crippen LogP contribution in [0.1, 0.15) is 76.7 Å². The number of benzene rings is 1. The summed E-state index contributed by atoms with van der Waals surface area (Å²) < 4.78 is 0. The van der Waals surface area contributed by atoms with E-state index in [1.54, 1.807) is 0 Å². The normalized spacial score (nSPS) is 10.8. The summed E-state index contributed by atoms with van der Waals surface area (Å²) in [6, 6.07) is 7.61. The molecular weight excluding hydrogens is 280 g/mol. The molecule has 0 fully saturated rings. The molecule has 0 N–H and O–H groups in total. The summed E-state index contributed by atoms with van der Waals surface area (Å²) in [6.07, 6.45) is 12.9. The molecule has 2 heteroatoms. The van der Waals surface area contributed by atoms with Crippen molar-refractivity contribution in [1.82, 2.24) is 0 Å². The van der Waals surface area contributed by atoms with E-state index in [2.05, 4.69) is 6.92 Å². The van der Waals surface area contributed by atoms with E-state index in [0.717, 1.165) is 12.0 Å². The van der Waals surface area contributed by atoms with Gasteiger partial charge in [0.15, 0.2) is 0 Å². The molecule has 0 bridgehead atoms. The number of halogens is 1. The average Bonchev–Trinajstić information content (AvgIpc) is 2.45. The lowest BCUT2D eigenvalue weighted by Gasteiger charge is -2.03. The molecule has 0 atom stereocenters. The molecule has 0 heterocycles. The van der Waals surface area contributed by atoms with Gasteiger partial charge in [-0.3, -0.25) is 4.79 Å². The Kier molecular flexibility index (Phi) is 10.2. The van der Waals surface area contributed by atoms with Crippen molar-refractivity contribution < 1.29 is 4.79 Å². The molecule has 0 spiro atoms. The van der Waals surface area contributed by atoms with Crippen LogP contribution in [0.25, 0.3) is 0 Å². The lowest BCUT2D eigenvalue weighted by molar-refractivity contribution is -0.118. The SMILES string of the molecule is CCCCCCCCCCCC(=O)Cc1cccc(Cl)c1. The van der Waals surface area contributed by atoms with E-state index in [0.29, 0.717) is 23.6 Å². The maximum absolute atomic E-state index is 11.9. The molecule has 1 aromatic rings. The quantitative estimate of drug-likeness (QED) is 0.410. The molecule has 0 aliphatic rings. The largest absolute Gasteiger partial charge is 0.299 e. The fourth-order valence-corrected chi connectivity index (χ4v) is 2.81. The van der Waals surface area contributed by atoms with E-state index in [-0.39, 0.29) is 0 Å². The molecule has 0 unspecified atom stereocenters. The molecule has 0 aromatic heterocycles. The Labute approximate surface area is 135 Å². The van der Waals surface area contributed by atoms with Gasteiger partial charge in [0.05, 0.1) is 0 Å². The number of carbonyl (C=O) groups is 1. The molecule has 1 aromatic carbocycles. The third-order valence-corrected chi connectivity index (χ3v) is 4.08. The highest BCUT2D eigenvalue weighted by atomic mass is 35.5. The van der Waals surface area contributed by atoms with Gasteiger partial charge in [-0.1, -0.05) is 82.0 Å². The van der Waals surface area contributed by atoms with Gasteiger partial charge >= 0.3 is 0 Å². The number of hydrogen-bond acceptors (Lipinski definition) is 1. The second kappa shape index (κ2) is 11.8. The summed E-state index contributed by atoms with van der Waals surface area (Å²) in [4.78, 5) is 11.9. The predicted molar refractivity (Wildman–Crippen MR) is 92.0 cm³/mol. The molecule has 21 heavy (non-hydrogen) atoms. The van der Waals surface area contributed by atoms with Crippen LogP contribution in [-0.4, -0.2) is 5.78 Å². The van der Waals surface area contributed by atoms with Crippen LogP contribution >= 0.6 is 11.6 Å². The number of carbonyl (C=O) groups excluding carboxylic acids is 1. The Hall–Kier alpha value is -0.820. The van der Waals surface area contributed by atoms with E-state index < -0.39 is 0 Å². The van der Waals surface area contributed by atoms with E-state index in [4.69, 9.17) is 11.6 Å². The van der Waals surface area contributed by atoms with Crippen LogP contribution in [0.5, 0.6) is 0 Å². The van der Waals surface area contributed by atoms with Crippen molar-refractivity contribution in [3.05, 3.63) is 34.9 Å². The summed E-state index contributed by atoms with van der Waals surface area (Å²) in [5, 5.41) is 0.711. The van der Waals surface area contributed by atoms with Crippen LogP contribution in [0.15, 0.2) is 24.3 Å². The van der Waals surface area contributed by atoms with Crippen LogP contribution in [0.4, 0.5) is 0 Å². The van der Waals surface area contributed by atoms with Gasteiger partial charge in [-0.15, -0.1) is 0 Å². The highest BCUT2D eigenvalue weighted by Crippen LogP contribution is 2.14. The number of ketones is 1. The highest BCUT2D eigenvalue weighted by Gasteiger charge is 2.04. The van der Waals surface area contributed by atoms with Gasteiger partial charge in [-0.05, 0) is 24.1 Å². The van der Waals surface area contributed by atoms with Gasteiger partial charge in [0, 0.05) is 17.9 Å². The lowest BCUT2D eigenvalue weighted by Crippen LogP contribution is -2.02. The zero-order chi connectivity index (χ0) is 15.3. The van der Waals surface area contributed by atoms with E-state index in [9.17, 15) is 4.79 Å². The van der Waals surface area contributed by atoms with Crippen molar-refractivity contribution in [3.63, 3.8) is 0 Å². The second-order valence-electron chi connectivity index (χ2n) is 5.92. The van der Waals surface area contributed by atoms with Gasteiger partial charge in [0.1, 0.15) is 5.78 Å². The van der Waals surface area contributed by atoms with E-state index >= 15 is 0 Å². The summed E-state index contributed by atoms with van der Waals surface area (Å²) in [6.45, 7) is 2.25. The molecule has 0 saturated carbocycles. The maximum atomic E-state index is 11.9. The minimum atomic E-state index is 0.334. The Morgan fingerprint density at radius 1 is 0.952 bits per heavy atom. The van der Waals surface area contributed by atoms with Crippen LogP contribution in [0.2, 0.25) is 5.02 Å². The van der Waals surface area contributed by atoms with E-state index in [1.165, 1.54) is 51.4 Å². The smallest absolute Gasteiger partial charge is 0.137 e. The number of rotatable bonds is 12. The van der Waals surface area contributed by atoms with Crippen LogP contribution in [0, 0.1) is 0 Å². The first kappa shape index (κ1) is 18.2. The standard InChI is InChI=1S/C19H29ClO/c1-2-3-4-5-6-7-8-9-10-14-19(21)16-17-12-11-13-18(20)15-17/h11-13,15H,2-10,14,16H2,1H3. The summed E-state index contributed by atoms with van der Waals surface area (Å²) in [5.41, 5.74) is 1.03. The third-order valence-electron chi connectivity index (χ3n) is 3.85. The molecule has 1 rings (SSSR count). The zero-order valence-electron chi connectivity index (χ0n) is 13.4. The highest BCUT2D eigenvalue weighted by molar-refractivity contribution is 6.30. The van der Waals surface area contributed by atoms with Crippen LogP contribution < -0.4 is 0 Å². The van der Waals surface area contributed by atoms with Crippen molar-refractivity contribution >= 4 is 17.4 Å². The number of hydrogen-bond donors (Lipinski definition) is 0. The van der Waals surface area contributed by atoms with Crippen LogP contribution in [0.3, 0.4) is 0 Å². The molecule has 0 radical (unpaired) electrons. The molecule has 0 saturated heterocycles. The first-order chi connectivity index (χ1) is 10.2. The molecule has 0 aliphatic heterocycles. The van der Waals surface area contributed by atoms with Crippen LogP contribution in [-0.2, 0) is 11.2 Å². The first-order valence-electron chi connectivity index (χ1n) is 8.48. The first-order valence-corrected chi connectivity index (χ1v) is 8.86. The Morgan fingerprint density at radius 3 is 2.19 bits per heavy atom. The Morgan fingerprint density at radius 2 is 1.57 bits per heavy atom. The van der Waals surface area contributed by atoms with Gasteiger partial charge in [0.2, 0.25) is 0 Å². The Bertz CT molecular complexity index is 400. The van der Waals surface area contributed by atoms with Gasteiger partial charge in [-0.25, -0.2) is 0 Å². The summed E-state index contributed by atoms with van der Waals surface area (Å²) in [5.74, 6) is 0.334. The lowest BCUT2D eigenvalue weighted by atomic mass is 10.0. The molecule has 118 valence electrons. The molecule has 0 amide bonds. The Balaban J connectivity index is 1.99. The fourth-order valence-electron chi connectivity index (χ4n) is 2.60. The fraction of sp³-hybridized carbons (Fsp3) is 0.632. The van der Waals surface area contributed by atoms with Gasteiger partial charge in [-0.2, -0.15) is 0 Å². The minimum absolute atomic E-state index is 0.334. The van der Waals surface area contributed by atoms with Gasteiger partial charge in [0.25, 0.3) is 0 Å². The summed E-state index contributed by atoms with van der Waals surface area (Å²) >= 11 is 5.92. The zero-order valence-corrected chi connectivity index (χ0v) is 14.1. The third kappa shape index (κ3) is 9.68. The second-order valence-corrected chi connectivity index (χ2v) is 6.36. The molecule has 1 nitrogen and oxygen atoms in total. The van der Waals surface area contributed by atoms with Crippen molar-refractivity contribution in [2.45, 2.75) is 77.6 Å². The summed E-state index contributed by atoms with van der Waals surface area (Å²) in [7, 11) is 0. The molecular formula is C19H29ClO. The monoisotopic (exact) mass is 308 g/mol. The van der Waals surface area contributed by atoms with E-state index in [1.807, 2.05) is 24.3 Å². The maximum Gasteiger partial charge on any atom is 0.137 e. The molecule has 0 aliphatic carbocycles. The predicted octanol–water partition coefficient (Wildman–Crippen LogP) is 6.37. The number of unbranched alkanes of at least 4 members (excludes halogenated alkanes) is 8. The minimum Gasteiger partial charge on any atom is -0.299 e. The van der Waals surface area contributed by atoms with Crippen molar-refractivity contribution in [3.8, 4) is 0 Å². The van der Waals surface area contributed by atoms with Crippen molar-refractivity contribution in [1.29, 1.82) is 0 Å².